The second-order valence-corrected chi connectivity index (χ2v) is 7.42. The Morgan fingerprint density at radius 2 is 1.90 bits per heavy atom. The van der Waals surface area contributed by atoms with Crippen LogP contribution in [0.1, 0.15) is 19.8 Å². The van der Waals surface area contributed by atoms with Crippen molar-refractivity contribution in [1.82, 2.24) is 4.72 Å². The maximum atomic E-state index is 12.1. The lowest BCUT2D eigenvalue weighted by atomic mass is 10.2. The standard InChI is InChI=1S/C12H16N2O4S2/c1-3-6-10(4-2)14-20(17,18)12-8-5-7-11(9-12)19(13,15)16/h2,5,7-10,14H,3,6H2,1H3,(H2,13,15,16). The smallest absolute Gasteiger partial charge is 0.225 e. The van der Waals surface area contributed by atoms with Crippen LogP contribution in [0, 0.1) is 12.3 Å². The molecule has 0 spiro atoms. The molecule has 20 heavy (non-hydrogen) atoms. The van der Waals surface area contributed by atoms with Gasteiger partial charge in [-0.2, -0.15) is 4.72 Å². The summed E-state index contributed by atoms with van der Waals surface area (Å²) in [5.41, 5.74) is 0. The zero-order valence-corrected chi connectivity index (χ0v) is 12.5. The Morgan fingerprint density at radius 3 is 2.40 bits per heavy atom. The lowest BCUT2D eigenvalue weighted by Crippen LogP contribution is -2.33. The topological polar surface area (TPSA) is 106 Å². The number of nitrogens with one attached hydrogen (secondary N) is 1. The van der Waals surface area contributed by atoms with E-state index in [2.05, 4.69) is 10.6 Å². The number of benzene rings is 1. The molecule has 8 heteroatoms. The van der Waals surface area contributed by atoms with Crippen molar-refractivity contribution < 1.29 is 16.8 Å². The molecule has 0 saturated heterocycles. The van der Waals surface area contributed by atoms with E-state index in [0.717, 1.165) is 6.07 Å². The molecule has 0 aliphatic rings. The highest BCUT2D eigenvalue weighted by Crippen LogP contribution is 2.15. The van der Waals surface area contributed by atoms with Gasteiger partial charge in [0, 0.05) is 0 Å². The highest BCUT2D eigenvalue weighted by Gasteiger charge is 2.20. The Balaban J connectivity index is 3.14. The van der Waals surface area contributed by atoms with E-state index in [9.17, 15) is 16.8 Å². The minimum atomic E-state index is -3.96. The number of nitrogens with two attached hydrogens (primary N) is 1. The van der Waals surface area contributed by atoms with Crippen LogP contribution in [-0.4, -0.2) is 22.9 Å². The van der Waals surface area contributed by atoms with Crippen LogP contribution in [0.15, 0.2) is 34.1 Å². The highest BCUT2D eigenvalue weighted by molar-refractivity contribution is 7.90. The van der Waals surface area contributed by atoms with Crippen LogP contribution in [0.3, 0.4) is 0 Å². The molecule has 1 atom stereocenters. The van der Waals surface area contributed by atoms with Gasteiger partial charge in [-0.3, -0.25) is 0 Å². The van der Waals surface area contributed by atoms with E-state index < -0.39 is 26.1 Å². The van der Waals surface area contributed by atoms with Gasteiger partial charge >= 0.3 is 0 Å². The predicted octanol–water partition coefficient (Wildman–Crippen LogP) is 0.414. The number of hydrogen-bond donors (Lipinski definition) is 2. The molecule has 3 N–H and O–H groups in total. The van der Waals surface area contributed by atoms with Gasteiger partial charge in [-0.15, -0.1) is 6.42 Å². The molecular formula is C12H16N2O4S2. The zero-order chi connectivity index (χ0) is 15.4. The van der Waals surface area contributed by atoms with Crippen molar-refractivity contribution in [3.63, 3.8) is 0 Å². The van der Waals surface area contributed by atoms with Crippen molar-refractivity contribution in [3.05, 3.63) is 24.3 Å². The average Bonchev–Trinajstić information content (AvgIpc) is 2.37. The maximum Gasteiger partial charge on any atom is 0.241 e. The first-order valence-corrected chi connectivity index (χ1v) is 8.85. The lowest BCUT2D eigenvalue weighted by Gasteiger charge is -2.13. The first-order chi connectivity index (χ1) is 9.20. The molecule has 0 heterocycles. The minimum absolute atomic E-state index is 0.194. The van der Waals surface area contributed by atoms with Gasteiger partial charge in [-0.25, -0.2) is 22.0 Å². The third-order valence-corrected chi connectivity index (χ3v) is 4.90. The number of hydrogen-bond acceptors (Lipinski definition) is 4. The van der Waals surface area contributed by atoms with E-state index in [1.807, 2.05) is 6.92 Å². The lowest BCUT2D eigenvalue weighted by molar-refractivity contribution is 0.564. The molecule has 1 aromatic rings. The van der Waals surface area contributed by atoms with E-state index in [-0.39, 0.29) is 9.79 Å². The third kappa shape index (κ3) is 4.31. The number of sulfonamides is 2. The summed E-state index contributed by atoms with van der Waals surface area (Å²) in [6.07, 6.45) is 6.46. The van der Waals surface area contributed by atoms with Crippen LogP contribution in [0.4, 0.5) is 0 Å². The summed E-state index contributed by atoms with van der Waals surface area (Å²) in [6, 6.07) is 4.16. The Kier molecular flexibility index (Phi) is 5.30. The third-order valence-electron chi connectivity index (χ3n) is 2.52. The first kappa shape index (κ1) is 16.7. The van der Waals surface area contributed by atoms with Gasteiger partial charge in [-0.05, 0) is 24.6 Å². The van der Waals surface area contributed by atoms with Crippen LogP contribution < -0.4 is 9.86 Å². The first-order valence-electron chi connectivity index (χ1n) is 5.82. The van der Waals surface area contributed by atoms with Gasteiger partial charge in [0.1, 0.15) is 0 Å². The molecule has 0 fully saturated rings. The van der Waals surface area contributed by atoms with Crippen molar-refractivity contribution in [1.29, 1.82) is 0 Å². The summed E-state index contributed by atoms with van der Waals surface area (Å²) in [5.74, 6) is 2.34. The predicted molar refractivity (Wildman–Crippen MR) is 75.7 cm³/mol. The van der Waals surface area contributed by atoms with E-state index >= 15 is 0 Å². The minimum Gasteiger partial charge on any atom is -0.225 e. The fraction of sp³-hybridized carbons (Fsp3) is 0.333. The summed E-state index contributed by atoms with van der Waals surface area (Å²) in [6.45, 7) is 1.88. The Labute approximate surface area is 119 Å². The zero-order valence-electron chi connectivity index (χ0n) is 10.9. The molecule has 1 aromatic carbocycles. The van der Waals surface area contributed by atoms with Crippen molar-refractivity contribution in [3.8, 4) is 12.3 Å². The van der Waals surface area contributed by atoms with Gasteiger partial charge < -0.3 is 0 Å². The van der Waals surface area contributed by atoms with Gasteiger partial charge in [0.25, 0.3) is 0 Å². The molecule has 0 amide bonds. The molecule has 6 nitrogen and oxygen atoms in total. The van der Waals surface area contributed by atoms with E-state index in [1.54, 1.807) is 0 Å². The summed E-state index contributed by atoms with van der Waals surface area (Å²) < 4.78 is 49.0. The van der Waals surface area contributed by atoms with Crippen molar-refractivity contribution in [2.24, 2.45) is 5.14 Å². The Morgan fingerprint density at radius 1 is 1.30 bits per heavy atom. The quantitative estimate of drug-likeness (QED) is 0.741. The monoisotopic (exact) mass is 316 g/mol. The second-order valence-electron chi connectivity index (χ2n) is 4.15. The van der Waals surface area contributed by atoms with Crippen LogP contribution in [0.25, 0.3) is 0 Å². The average molecular weight is 316 g/mol. The van der Waals surface area contributed by atoms with Gasteiger partial charge in [0.05, 0.1) is 15.8 Å². The van der Waals surface area contributed by atoms with Crippen LogP contribution in [-0.2, 0) is 20.0 Å². The van der Waals surface area contributed by atoms with Crippen molar-refractivity contribution >= 4 is 20.0 Å². The summed E-state index contributed by atoms with van der Waals surface area (Å²) in [5, 5.41) is 4.97. The molecule has 0 saturated carbocycles. The molecular weight excluding hydrogens is 300 g/mol. The molecule has 110 valence electrons. The fourth-order valence-electron chi connectivity index (χ4n) is 1.54. The van der Waals surface area contributed by atoms with Crippen molar-refractivity contribution in [2.75, 3.05) is 0 Å². The number of primary sulfonamides is 1. The number of terminal acetylenes is 1. The molecule has 0 aromatic heterocycles. The van der Waals surface area contributed by atoms with E-state index in [4.69, 9.17) is 11.6 Å². The van der Waals surface area contributed by atoms with E-state index in [1.165, 1.54) is 18.2 Å². The van der Waals surface area contributed by atoms with Crippen LogP contribution >= 0.6 is 0 Å². The summed E-state index contributed by atoms with van der Waals surface area (Å²) in [4.78, 5) is -0.464. The molecule has 1 unspecified atom stereocenters. The maximum absolute atomic E-state index is 12.1. The SMILES string of the molecule is C#CC(CCC)NS(=O)(=O)c1cccc(S(N)(=O)=O)c1. The largest absolute Gasteiger partial charge is 0.241 e. The molecule has 0 aliphatic heterocycles. The molecule has 0 bridgehead atoms. The molecule has 0 aliphatic carbocycles. The van der Waals surface area contributed by atoms with Crippen LogP contribution in [0.5, 0.6) is 0 Å². The molecule has 1 rings (SSSR count). The van der Waals surface area contributed by atoms with Gasteiger partial charge in [0.2, 0.25) is 20.0 Å². The van der Waals surface area contributed by atoms with Crippen molar-refractivity contribution in [2.45, 2.75) is 35.6 Å². The van der Waals surface area contributed by atoms with Gasteiger partial charge in [-0.1, -0.05) is 25.3 Å². The molecule has 0 radical (unpaired) electrons. The normalized spacial score (nSPS) is 13.7. The Hall–Kier alpha value is -1.40. The fourth-order valence-corrected chi connectivity index (χ4v) is 3.41. The van der Waals surface area contributed by atoms with E-state index in [0.29, 0.717) is 12.8 Å². The van der Waals surface area contributed by atoms with Crippen LogP contribution in [0.2, 0.25) is 0 Å². The summed E-state index contributed by atoms with van der Waals surface area (Å²) >= 11 is 0. The summed E-state index contributed by atoms with van der Waals surface area (Å²) in [7, 11) is -7.85. The highest BCUT2D eigenvalue weighted by atomic mass is 32.2. The van der Waals surface area contributed by atoms with Gasteiger partial charge in [0.15, 0.2) is 0 Å². The number of rotatable bonds is 6. The second kappa shape index (κ2) is 6.37. The Bertz CT molecular complexity index is 718.